The van der Waals surface area contributed by atoms with Crippen molar-refractivity contribution < 1.29 is 9.53 Å². The van der Waals surface area contributed by atoms with Gasteiger partial charge in [0.15, 0.2) is 0 Å². The largest absolute Gasteiger partial charge is 0.493 e. The molecule has 24 heavy (non-hydrogen) atoms. The molecule has 0 saturated heterocycles. The topological polar surface area (TPSA) is 66.4 Å². The van der Waals surface area contributed by atoms with Gasteiger partial charge in [0.05, 0.1) is 6.61 Å². The lowest BCUT2D eigenvalue weighted by Crippen LogP contribution is -2.24. The van der Waals surface area contributed by atoms with E-state index in [-0.39, 0.29) is 10.8 Å². The third kappa shape index (κ3) is 5.43. The molecule has 2 N–H and O–H groups in total. The van der Waals surface area contributed by atoms with Crippen LogP contribution in [0.25, 0.3) is 0 Å². The van der Waals surface area contributed by atoms with Crippen molar-refractivity contribution in [1.82, 2.24) is 5.32 Å². The van der Waals surface area contributed by atoms with Crippen molar-refractivity contribution in [3.8, 4) is 5.75 Å². The highest BCUT2D eigenvalue weighted by atomic mass is 16.5. The number of carbonyl (C=O) groups excluding carboxylic acids is 1. The molecule has 0 aliphatic heterocycles. The SMILES string of the molecule is CCC(C)(C)c1ccc(OCCC[N]C(N)=O)c(C(C)(C)CC)c1. The van der Waals surface area contributed by atoms with Gasteiger partial charge in [-0.1, -0.05) is 53.7 Å². The Morgan fingerprint density at radius 2 is 1.75 bits per heavy atom. The van der Waals surface area contributed by atoms with Crippen LogP contribution in [0.5, 0.6) is 5.75 Å². The molecule has 0 heterocycles. The van der Waals surface area contributed by atoms with Crippen molar-refractivity contribution in [2.45, 2.75) is 71.6 Å². The molecule has 1 rings (SSSR count). The lowest BCUT2D eigenvalue weighted by molar-refractivity contribution is 0.246. The fourth-order valence-corrected chi connectivity index (χ4v) is 2.44. The highest BCUT2D eigenvalue weighted by molar-refractivity contribution is 5.71. The van der Waals surface area contributed by atoms with E-state index in [1.54, 1.807) is 0 Å². The smallest absolute Gasteiger partial charge is 0.333 e. The molecular formula is C20H33N2O2. The molecule has 0 aliphatic carbocycles. The molecule has 0 spiro atoms. The van der Waals surface area contributed by atoms with Gasteiger partial charge in [-0.25, -0.2) is 10.1 Å². The van der Waals surface area contributed by atoms with Crippen LogP contribution in [-0.4, -0.2) is 19.2 Å². The van der Waals surface area contributed by atoms with Crippen molar-refractivity contribution in [2.75, 3.05) is 13.2 Å². The van der Waals surface area contributed by atoms with Crippen molar-refractivity contribution in [2.24, 2.45) is 5.73 Å². The van der Waals surface area contributed by atoms with Gasteiger partial charge in [-0.3, -0.25) is 0 Å². The first kappa shape index (κ1) is 20.3. The Morgan fingerprint density at radius 3 is 2.29 bits per heavy atom. The summed E-state index contributed by atoms with van der Waals surface area (Å²) in [6.07, 6.45) is 2.81. The number of hydrogen-bond acceptors (Lipinski definition) is 2. The molecule has 135 valence electrons. The van der Waals surface area contributed by atoms with Crippen LogP contribution in [0.2, 0.25) is 0 Å². The van der Waals surface area contributed by atoms with Gasteiger partial charge in [0, 0.05) is 18.5 Å². The molecule has 0 aromatic heterocycles. The number of hydrogen-bond donors (Lipinski definition) is 1. The molecule has 1 aromatic rings. The minimum atomic E-state index is -0.617. The van der Waals surface area contributed by atoms with E-state index in [2.05, 4.69) is 65.1 Å². The Kier molecular flexibility index (Phi) is 7.12. The van der Waals surface area contributed by atoms with Gasteiger partial charge in [0.25, 0.3) is 0 Å². The summed E-state index contributed by atoms with van der Waals surface area (Å²) >= 11 is 0. The maximum Gasteiger partial charge on any atom is 0.333 e. The second kappa shape index (κ2) is 8.41. The molecule has 2 amide bonds. The predicted octanol–water partition coefficient (Wildman–Crippen LogP) is 4.51. The first-order valence-electron chi connectivity index (χ1n) is 8.88. The molecule has 0 atom stereocenters. The summed E-state index contributed by atoms with van der Waals surface area (Å²) in [7, 11) is 0. The highest BCUT2D eigenvalue weighted by Gasteiger charge is 2.26. The maximum atomic E-state index is 10.6. The lowest BCUT2D eigenvalue weighted by atomic mass is 9.76. The zero-order valence-electron chi connectivity index (χ0n) is 16.1. The summed E-state index contributed by atoms with van der Waals surface area (Å²) in [6, 6.07) is 5.94. The van der Waals surface area contributed by atoms with E-state index in [9.17, 15) is 4.79 Å². The van der Waals surface area contributed by atoms with Crippen LogP contribution < -0.4 is 15.8 Å². The van der Waals surface area contributed by atoms with Crippen LogP contribution in [0.1, 0.15) is 71.9 Å². The van der Waals surface area contributed by atoms with Gasteiger partial charge < -0.3 is 10.5 Å². The molecule has 0 aliphatic rings. The quantitative estimate of drug-likeness (QED) is 0.675. The van der Waals surface area contributed by atoms with Crippen LogP contribution in [-0.2, 0) is 10.8 Å². The van der Waals surface area contributed by atoms with E-state index in [1.165, 1.54) is 11.1 Å². The first-order valence-corrected chi connectivity index (χ1v) is 8.88. The fourth-order valence-electron chi connectivity index (χ4n) is 2.44. The van der Waals surface area contributed by atoms with E-state index in [1.807, 2.05) is 0 Å². The lowest BCUT2D eigenvalue weighted by Gasteiger charge is -2.30. The minimum Gasteiger partial charge on any atom is -0.493 e. The number of ether oxygens (including phenoxy) is 1. The van der Waals surface area contributed by atoms with Gasteiger partial charge in [-0.15, -0.1) is 0 Å². The number of amides is 2. The van der Waals surface area contributed by atoms with Gasteiger partial charge in [0.2, 0.25) is 0 Å². The fraction of sp³-hybridized carbons (Fsp3) is 0.650. The van der Waals surface area contributed by atoms with E-state index in [0.29, 0.717) is 19.6 Å². The summed E-state index contributed by atoms with van der Waals surface area (Å²) in [5.41, 5.74) is 7.80. The van der Waals surface area contributed by atoms with Crippen molar-refractivity contribution >= 4 is 6.03 Å². The number of nitrogens with zero attached hydrogens (tertiary/aromatic N) is 1. The summed E-state index contributed by atoms with van der Waals surface area (Å²) in [5.74, 6) is 0.927. The van der Waals surface area contributed by atoms with E-state index < -0.39 is 6.03 Å². The third-order valence-corrected chi connectivity index (χ3v) is 5.09. The molecular weight excluding hydrogens is 300 g/mol. The Balaban J connectivity index is 2.96. The Hall–Kier alpha value is -1.71. The van der Waals surface area contributed by atoms with Gasteiger partial charge in [-0.05, 0) is 35.3 Å². The molecule has 4 nitrogen and oxygen atoms in total. The van der Waals surface area contributed by atoms with Gasteiger partial charge >= 0.3 is 6.03 Å². The normalized spacial score (nSPS) is 12.1. The molecule has 1 aromatic carbocycles. The first-order chi connectivity index (χ1) is 11.1. The molecule has 0 bridgehead atoms. The van der Waals surface area contributed by atoms with Crippen LogP contribution in [0.15, 0.2) is 18.2 Å². The Morgan fingerprint density at radius 1 is 1.12 bits per heavy atom. The summed E-state index contributed by atoms with van der Waals surface area (Å²) in [5, 5.41) is 3.66. The summed E-state index contributed by atoms with van der Waals surface area (Å²) in [6.45, 7) is 14.4. The van der Waals surface area contributed by atoms with Gasteiger partial charge in [0.1, 0.15) is 5.75 Å². The summed E-state index contributed by atoms with van der Waals surface area (Å²) in [4.78, 5) is 10.6. The van der Waals surface area contributed by atoms with E-state index >= 15 is 0 Å². The second-order valence-electron chi connectivity index (χ2n) is 7.61. The zero-order valence-corrected chi connectivity index (χ0v) is 16.1. The van der Waals surface area contributed by atoms with Crippen LogP contribution >= 0.6 is 0 Å². The third-order valence-electron chi connectivity index (χ3n) is 5.09. The number of carbonyl (C=O) groups is 1. The molecule has 0 fully saturated rings. The number of urea groups is 1. The van der Waals surface area contributed by atoms with Crippen LogP contribution in [0.3, 0.4) is 0 Å². The van der Waals surface area contributed by atoms with Crippen molar-refractivity contribution in [3.05, 3.63) is 29.3 Å². The minimum absolute atomic E-state index is 0.0484. The Bertz CT molecular complexity index is 551. The zero-order chi connectivity index (χ0) is 18.4. The average molecular weight is 333 g/mol. The van der Waals surface area contributed by atoms with Crippen LogP contribution in [0.4, 0.5) is 4.79 Å². The highest BCUT2D eigenvalue weighted by Crippen LogP contribution is 2.38. The standard InChI is InChI=1S/C20H33N2O2/c1-7-19(3,4)15-10-11-17(16(14-15)20(5,6)8-2)24-13-9-12-22-18(21)23/h10-11,14H,7-9,12-13H2,1-6H3,(H2,21,23). The number of benzene rings is 1. The van der Waals surface area contributed by atoms with E-state index in [4.69, 9.17) is 10.5 Å². The maximum absolute atomic E-state index is 10.6. The molecule has 0 saturated carbocycles. The van der Waals surface area contributed by atoms with Crippen molar-refractivity contribution in [1.29, 1.82) is 0 Å². The monoisotopic (exact) mass is 333 g/mol. The van der Waals surface area contributed by atoms with E-state index in [0.717, 1.165) is 18.6 Å². The number of primary amides is 1. The summed E-state index contributed by atoms with van der Waals surface area (Å²) < 4.78 is 6.00. The molecule has 4 heteroatoms. The number of rotatable bonds is 9. The number of nitrogens with two attached hydrogens (primary N) is 1. The average Bonchev–Trinajstić information content (AvgIpc) is 2.54. The predicted molar refractivity (Wildman–Crippen MR) is 99.8 cm³/mol. The molecule has 0 unspecified atom stereocenters. The van der Waals surface area contributed by atoms with Gasteiger partial charge in [-0.2, -0.15) is 0 Å². The Labute approximate surface area is 147 Å². The van der Waals surface area contributed by atoms with Crippen molar-refractivity contribution in [3.63, 3.8) is 0 Å². The van der Waals surface area contributed by atoms with Crippen LogP contribution in [0, 0.1) is 0 Å². The molecule has 1 radical (unpaired) electrons. The second-order valence-corrected chi connectivity index (χ2v) is 7.61.